The van der Waals surface area contributed by atoms with Crippen LogP contribution in [-0.4, -0.2) is 23.3 Å². The molecule has 0 unspecified atom stereocenters. The molecule has 128 valence electrons. The lowest BCUT2D eigenvalue weighted by molar-refractivity contribution is -0.137. The maximum absolute atomic E-state index is 13.5. The van der Waals surface area contributed by atoms with E-state index in [4.69, 9.17) is 0 Å². The van der Waals surface area contributed by atoms with Gasteiger partial charge in [0.25, 0.3) is 11.8 Å². The van der Waals surface area contributed by atoms with Gasteiger partial charge in [0, 0.05) is 12.2 Å². The predicted molar refractivity (Wildman–Crippen MR) is 94.9 cm³/mol. The van der Waals surface area contributed by atoms with Gasteiger partial charge in [-0.05, 0) is 29.7 Å². The Morgan fingerprint density at radius 2 is 1.72 bits per heavy atom. The van der Waals surface area contributed by atoms with Gasteiger partial charge in [0.2, 0.25) is 0 Å². The van der Waals surface area contributed by atoms with Gasteiger partial charge in [-0.3, -0.25) is 14.5 Å². The van der Waals surface area contributed by atoms with E-state index in [1.165, 1.54) is 17.0 Å². The molecule has 1 N–H and O–H groups in total. The van der Waals surface area contributed by atoms with Crippen LogP contribution in [0.4, 0.5) is 10.1 Å². The molecule has 0 saturated heterocycles. The molecule has 0 saturated carbocycles. The summed E-state index contributed by atoms with van der Waals surface area (Å²) in [5, 5.41) is 2.94. The summed E-state index contributed by atoms with van der Waals surface area (Å²) in [6, 6.07) is 14.9. The SMILES string of the molecule is CC(C)CN1C(=O)C(Nc2cccc(F)c2)=C(c2ccccc2)C1=O. The van der Waals surface area contributed by atoms with Crippen LogP contribution >= 0.6 is 0 Å². The van der Waals surface area contributed by atoms with Crippen molar-refractivity contribution >= 4 is 23.1 Å². The van der Waals surface area contributed by atoms with Crippen molar-refractivity contribution in [2.45, 2.75) is 13.8 Å². The molecule has 25 heavy (non-hydrogen) atoms. The van der Waals surface area contributed by atoms with Crippen molar-refractivity contribution in [3.05, 3.63) is 71.7 Å². The predicted octanol–water partition coefficient (Wildman–Crippen LogP) is 3.67. The normalized spacial score (nSPS) is 14.6. The zero-order valence-corrected chi connectivity index (χ0v) is 14.1. The number of imide groups is 1. The number of halogens is 1. The minimum Gasteiger partial charge on any atom is -0.350 e. The highest BCUT2D eigenvalue weighted by molar-refractivity contribution is 6.36. The Balaban J connectivity index is 2.05. The van der Waals surface area contributed by atoms with Crippen molar-refractivity contribution in [1.29, 1.82) is 0 Å². The Hall–Kier alpha value is -2.95. The van der Waals surface area contributed by atoms with E-state index in [2.05, 4.69) is 5.32 Å². The molecule has 0 bridgehead atoms. The van der Waals surface area contributed by atoms with E-state index in [-0.39, 0.29) is 23.4 Å². The van der Waals surface area contributed by atoms with Crippen LogP contribution in [-0.2, 0) is 9.59 Å². The summed E-state index contributed by atoms with van der Waals surface area (Å²) >= 11 is 0. The highest BCUT2D eigenvalue weighted by Crippen LogP contribution is 2.30. The van der Waals surface area contributed by atoms with Gasteiger partial charge in [-0.15, -0.1) is 0 Å². The molecular formula is C20H19FN2O2. The minimum absolute atomic E-state index is 0.151. The molecule has 3 rings (SSSR count). The first-order valence-electron chi connectivity index (χ1n) is 8.16. The van der Waals surface area contributed by atoms with Crippen molar-refractivity contribution in [3.63, 3.8) is 0 Å². The number of hydrogen-bond donors (Lipinski definition) is 1. The van der Waals surface area contributed by atoms with Crippen molar-refractivity contribution in [1.82, 2.24) is 4.90 Å². The van der Waals surface area contributed by atoms with Crippen LogP contribution < -0.4 is 5.32 Å². The van der Waals surface area contributed by atoms with E-state index in [0.29, 0.717) is 23.4 Å². The largest absolute Gasteiger partial charge is 0.350 e. The number of rotatable bonds is 5. The first kappa shape index (κ1) is 16.9. The molecule has 1 aliphatic rings. The monoisotopic (exact) mass is 338 g/mol. The van der Waals surface area contributed by atoms with E-state index in [9.17, 15) is 14.0 Å². The van der Waals surface area contributed by atoms with Gasteiger partial charge >= 0.3 is 0 Å². The van der Waals surface area contributed by atoms with Crippen LogP contribution in [0.5, 0.6) is 0 Å². The van der Waals surface area contributed by atoms with Crippen LogP contribution in [0.1, 0.15) is 19.4 Å². The molecule has 0 aliphatic carbocycles. The second kappa shape index (κ2) is 6.89. The third kappa shape index (κ3) is 3.45. The molecule has 1 aliphatic heterocycles. The number of carbonyl (C=O) groups is 2. The van der Waals surface area contributed by atoms with Gasteiger partial charge in [-0.2, -0.15) is 0 Å². The smallest absolute Gasteiger partial charge is 0.278 e. The summed E-state index contributed by atoms with van der Waals surface area (Å²) in [5.41, 5.74) is 1.58. The molecule has 1 heterocycles. The van der Waals surface area contributed by atoms with Gasteiger partial charge in [0.15, 0.2) is 0 Å². The number of nitrogens with one attached hydrogen (secondary N) is 1. The quantitative estimate of drug-likeness (QED) is 0.846. The summed E-state index contributed by atoms with van der Waals surface area (Å²) < 4.78 is 13.5. The van der Waals surface area contributed by atoms with Crippen molar-refractivity contribution in [2.24, 2.45) is 5.92 Å². The fourth-order valence-corrected chi connectivity index (χ4v) is 2.81. The molecule has 0 fully saturated rings. The van der Waals surface area contributed by atoms with Crippen molar-refractivity contribution in [3.8, 4) is 0 Å². The second-order valence-electron chi connectivity index (χ2n) is 6.37. The number of amides is 2. The Bertz CT molecular complexity index is 844. The second-order valence-corrected chi connectivity index (χ2v) is 6.37. The number of anilines is 1. The number of hydrogen-bond acceptors (Lipinski definition) is 3. The van der Waals surface area contributed by atoms with E-state index in [1.54, 1.807) is 24.3 Å². The molecule has 0 radical (unpaired) electrons. The van der Waals surface area contributed by atoms with Crippen LogP contribution in [0.25, 0.3) is 5.57 Å². The van der Waals surface area contributed by atoms with Crippen LogP contribution in [0.2, 0.25) is 0 Å². The van der Waals surface area contributed by atoms with Gasteiger partial charge in [-0.25, -0.2) is 4.39 Å². The number of benzene rings is 2. The summed E-state index contributed by atoms with van der Waals surface area (Å²) in [6.07, 6.45) is 0. The fraction of sp³-hybridized carbons (Fsp3) is 0.200. The van der Waals surface area contributed by atoms with E-state index in [1.807, 2.05) is 32.0 Å². The third-order valence-electron chi connectivity index (χ3n) is 3.87. The topological polar surface area (TPSA) is 49.4 Å². The Labute approximate surface area is 146 Å². The average molecular weight is 338 g/mol. The van der Waals surface area contributed by atoms with Gasteiger partial charge < -0.3 is 5.32 Å². The molecule has 2 aromatic rings. The van der Waals surface area contributed by atoms with Crippen LogP contribution in [0.15, 0.2) is 60.3 Å². The van der Waals surface area contributed by atoms with Crippen molar-refractivity contribution < 1.29 is 14.0 Å². The number of carbonyl (C=O) groups excluding carboxylic acids is 2. The highest BCUT2D eigenvalue weighted by atomic mass is 19.1. The summed E-state index contributed by atoms with van der Waals surface area (Å²) in [6.45, 7) is 4.23. The number of nitrogens with zero attached hydrogens (tertiary/aromatic N) is 1. The van der Waals surface area contributed by atoms with E-state index >= 15 is 0 Å². The zero-order valence-electron chi connectivity index (χ0n) is 14.1. The first-order valence-corrected chi connectivity index (χ1v) is 8.16. The van der Waals surface area contributed by atoms with E-state index < -0.39 is 5.82 Å². The van der Waals surface area contributed by atoms with Gasteiger partial charge in [0.05, 0.1) is 5.57 Å². The van der Waals surface area contributed by atoms with Crippen LogP contribution in [0, 0.1) is 11.7 Å². The van der Waals surface area contributed by atoms with Crippen molar-refractivity contribution in [2.75, 3.05) is 11.9 Å². The minimum atomic E-state index is -0.414. The molecule has 0 spiro atoms. The maximum atomic E-state index is 13.5. The molecule has 4 nitrogen and oxygen atoms in total. The Kier molecular flexibility index (Phi) is 4.65. The summed E-state index contributed by atoms with van der Waals surface area (Å²) in [7, 11) is 0. The van der Waals surface area contributed by atoms with Crippen LogP contribution in [0.3, 0.4) is 0 Å². The maximum Gasteiger partial charge on any atom is 0.278 e. The molecule has 0 atom stereocenters. The summed E-state index contributed by atoms with van der Waals surface area (Å²) in [4.78, 5) is 26.9. The molecular weight excluding hydrogens is 319 g/mol. The third-order valence-corrected chi connectivity index (χ3v) is 3.87. The summed E-state index contributed by atoms with van der Waals surface area (Å²) in [5.74, 6) is -0.980. The highest BCUT2D eigenvalue weighted by Gasteiger charge is 2.39. The Morgan fingerprint density at radius 3 is 2.36 bits per heavy atom. The molecule has 5 heteroatoms. The van der Waals surface area contributed by atoms with Gasteiger partial charge in [-0.1, -0.05) is 50.2 Å². The fourth-order valence-electron chi connectivity index (χ4n) is 2.81. The average Bonchev–Trinajstić information content (AvgIpc) is 2.80. The lowest BCUT2D eigenvalue weighted by atomic mass is 10.0. The molecule has 0 aromatic heterocycles. The molecule has 2 amide bonds. The molecule has 2 aromatic carbocycles. The lowest BCUT2D eigenvalue weighted by Crippen LogP contribution is -2.35. The Morgan fingerprint density at radius 1 is 1.00 bits per heavy atom. The van der Waals surface area contributed by atoms with Gasteiger partial charge in [0.1, 0.15) is 11.5 Å². The zero-order chi connectivity index (χ0) is 18.0. The first-order chi connectivity index (χ1) is 12.0. The lowest BCUT2D eigenvalue weighted by Gasteiger charge is -2.17. The van der Waals surface area contributed by atoms with E-state index in [0.717, 1.165) is 0 Å². The standard InChI is InChI=1S/C20H19FN2O2/c1-13(2)12-23-19(24)17(14-7-4-3-5-8-14)18(20(23)25)22-16-10-6-9-15(21)11-16/h3-11,13,22H,12H2,1-2H3.